The highest BCUT2D eigenvalue weighted by atomic mass is 79.9. The van der Waals surface area contributed by atoms with Gasteiger partial charge in [0, 0.05) is 5.56 Å². The maximum absolute atomic E-state index is 12.5. The minimum atomic E-state index is -4.53. The topological polar surface area (TPSA) is 40.9 Å². The molecule has 0 radical (unpaired) electrons. The summed E-state index contributed by atoms with van der Waals surface area (Å²) in [4.78, 5) is 11.5. The Kier molecular flexibility index (Phi) is 3.94. The minimum absolute atomic E-state index is 0.0116. The van der Waals surface area contributed by atoms with Gasteiger partial charge in [0.05, 0.1) is 16.5 Å². The van der Waals surface area contributed by atoms with E-state index in [1.807, 2.05) is 0 Å². The summed E-state index contributed by atoms with van der Waals surface area (Å²) in [6, 6.07) is 3.33. The van der Waals surface area contributed by atoms with Gasteiger partial charge in [0.2, 0.25) is 0 Å². The average Bonchev–Trinajstić information content (AvgIpc) is 2.25. The molecule has 0 spiro atoms. The van der Waals surface area contributed by atoms with E-state index in [4.69, 9.17) is 5.26 Å². The first-order valence-electron chi connectivity index (χ1n) is 4.52. The lowest BCUT2D eigenvalue weighted by atomic mass is 9.97. The molecule has 1 aromatic carbocycles. The van der Waals surface area contributed by atoms with Gasteiger partial charge in [-0.25, -0.2) is 0 Å². The van der Waals surface area contributed by atoms with Crippen LogP contribution < -0.4 is 0 Å². The molecule has 0 saturated heterocycles. The predicted octanol–water partition coefficient (Wildman–Crippen LogP) is 3.46. The predicted molar refractivity (Wildman–Crippen MR) is 59.0 cm³/mol. The Morgan fingerprint density at radius 2 is 2.06 bits per heavy atom. The molecule has 0 atom stereocenters. The second kappa shape index (κ2) is 4.88. The van der Waals surface area contributed by atoms with Crippen LogP contribution in [0.15, 0.2) is 12.1 Å². The molecule has 0 bridgehead atoms. The number of hydrogen-bond donors (Lipinski definition) is 0. The van der Waals surface area contributed by atoms with Crippen LogP contribution in [0.4, 0.5) is 13.2 Å². The lowest BCUT2D eigenvalue weighted by Crippen LogP contribution is -2.11. The molecule has 1 aromatic rings. The molecule has 0 aromatic heterocycles. The number of carbonyl (C=O) groups excluding carboxylic acids is 1. The molecule has 0 fully saturated rings. The van der Waals surface area contributed by atoms with E-state index in [2.05, 4.69) is 15.9 Å². The molecule has 90 valence electrons. The number of rotatable bonds is 2. The Labute approximate surface area is 104 Å². The quantitative estimate of drug-likeness (QED) is 0.620. The van der Waals surface area contributed by atoms with Crippen LogP contribution in [0.3, 0.4) is 0 Å². The highest BCUT2D eigenvalue weighted by molar-refractivity contribution is 9.09. The molecule has 0 saturated carbocycles. The van der Waals surface area contributed by atoms with Gasteiger partial charge in [0.1, 0.15) is 6.07 Å². The summed E-state index contributed by atoms with van der Waals surface area (Å²) in [5.74, 6) is -0.546. The van der Waals surface area contributed by atoms with Crippen molar-refractivity contribution in [1.29, 1.82) is 5.26 Å². The maximum atomic E-state index is 12.5. The number of carbonyl (C=O) groups is 1. The number of aryl methyl sites for hydroxylation is 1. The van der Waals surface area contributed by atoms with Crippen LogP contribution in [-0.4, -0.2) is 11.1 Å². The Balaban J connectivity index is 3.51. The number of alkyl halides is 4. The smallest absolute Gasteiger partial charge is 0.293 e. The normalized spacial score (nSPS) is 11.1. The number of ketones is 1. The van der Waals surface area contributed by atoms with Crippen LogP contribution in [-0.2, 0) is 6.18 Å². The van der Waals surface area contributed by atoms with Crippen molar-refractivity contribution < 1.29 is 18.0 Å². The third-order valence-electron chi connectivity index (χ3n) is 2.20. The zero-order valence-corrected chi connectivity index (χ0v) is 10.3. The Morgan fingerprint density at radius 3 is 2.47 bits per heavy atom. The van der Waals surface area contributed by atoms with E-state index < -0.39 is 17.5 Å². The van der Waals surface area contributed by atoms with Crippen molar-refractivity contribution in [2.75, 3.05) is 5.33 Å². The van der Waals surface area contributed by atoms with Crippen LogP contribution in [0.5, 0.6) is 0 Å². The third-order valence-corrected chi connectivity index (χ3v) is 2.71. The number of benzene rings is 1. The monoisotopic (exact) mass is 305 g/mol. The van der Waals surface area contributed by atoms with Gasteiger partial charge >= 0.3 is 6.18 Å². The average molecular weight is 306 g/mol. The van der Waals surface area contributed by atoms with Crippen LogP contribution in [0.1, 0.15) is 27.0 Å². The van der Waals surface area contributed by atoms with Gasteiger partial charge in [-0.15, -0.1) is 0 Å². The number of nitrogens with zero attached hydrogens (tertiary/aromatic N) is 1. The van der Waals surface area contributed by atoms with Crippen LogP contribution in [0.2, 0.25) is 0 Å². The molecule has 2 nitrogen and oxygen atoms in total. The lowest BCUT2D eigenvalue weighted by molar-refractivity contribution is -0.137. The van der Waals surface area contributed by atoms with Gasteiger partial charge in [-0.05, 0) is 24.6 Å². The zero-order valence-electron chi connectivity index (χ0n) is 8.73. The Bertz CT molecular complexity index is 503. The molecule has 0 heterocycles. The largest absolute Gasteiger partial charge is 0.416 e. The van der Waals surface area contributed by atoms with Crippen molar-refractivity contribution in [2.45, 2.75) is 13.1 Å². The van der Waals surface area contributed by atoms with Crippen LogP contribution in [0, 0.1) is 18.3 Å². The molecular weight excluding hydrogens is 299 g/mol. The van der Waals surface area contributed by atoms with Crippen LogP contribution in [0.25, 0.3) is 0 Å². The van der Waals surface area contributed by atoms with Crippen LogP contribution >= 0.6 is 15.9 Å². The fourth-order valence-electron chi connectivity index (χ4n) is 1.39. The Hall–Kier alpha value is -1.35. The van der Waals surface area contributed by atoms with Crippen molar-refractivity contribution in [3.8, 4) is 6.07 Å². The van der Waals surface area contributed by atoms with Gasteiger partial charge in [-0.1, -0.05) is 15.9 Å². The van der Waals surface area contributed by atoms with E-state index in [1.54, 1.807) is 6.07 Å². The molecule has 0 N–H and O–H groups in total. The third kappa shape index (κ3) is 2.86. The molecular formula is C11H7BrF3NO. The maximum Gasteiger partial charge on any atom is 0.416 e. The summed E-state index contributed by atoms with van der Waals surface area (Å²) in [6.45, 7) is 1.37. The highest BCUT2D eigenvalue weighted by Gasteiger charge is 2.32. The second-order valence-corrected chi connectivity index (χ2v) is 3.94. The fraction of sp³-hybridized carbons (Fsp3) is 0.273. The summed E-state index contributed by atoms with van der Waals surface area (Å²) >= 11 is 2.87. The number of hydrogen-bond acceptors (Lipinski definition) is 2. The second-order valence-electron chi connectivity index (χ2n) is 3.38. The summed E-state index contributed by atoms with van der Waals surface area (Å²) in [5, 5.41) is 8.72. The zero-order chi connectivity index (χ0) is 13.2. The molecule has 0 aliphatic heterocycles. The molecule has 0 aliphatic rings. The van der Waals surface area contributed by atoms with Gasteiger partial charge in [-0.2, -0.15) is 18.4 Å². The van der Waals surface area contributed by atoms with E-state index in [-0.39, 0.29) is 22.0 Å². The summed E-state index contributed by atoms with van der Waals surface area (Å²) in [6.07, 6.45) is -4.53. The van der Waals surface area contributed by atoms with E-state index in [0.717, 1.165) is 12.1 Å². The standard InChI is InChI=1S/C11H7BrF3NO/c1-6-2-7(11(13,14)15)3-8(9(6)5-16)10(17)4-12/h2-3H,4H2,1H3. The van der Waals surface area contributed by atoms with Crippen molar-refractivity contribution in [3.05, 3.63) is 34.4 Å². The van der Waals surface area contributed by atoms with Gasteiger partial charge in [0.15, 0.2) is 5.78 Å². The number of nitriles is 1. The first-order valence-corrected chi connectivity index (χ1v) is 5.64. The van der Waals surface area contributed by atoms with Gasteiger partial charge in [0.25, 0.3) is 0 Å². The molecule has 6 heteroatoms. The number of Topliss-reactive ketones (excluding diaryl/α,β-unsaturated/α-hetero) is 1. The molecule has 0 unspecified atom stereocenters. The first-order chi connectivity index (χ1) is 7.81. The van der Waals surface area contributed by atoms with Crippen molar-refractivity contribution >= 4 is 21.7 Å². The van der Waals surface area contributed by atoms with E-state index in [9.17, 15) is 18.0 Å². The van der Waals surface area contributed by atoms with Crippen molar-refractivity contribution in [3.63, 3.8) is 0 Å². The highest BCUT2D eigenvalue weighted by Crippen LogP contribution is 2.32. The SMILES string of the molecule is Cc1cc(C(F)(F)F)cc(C(=O)CBr)c1C#N. The Morgan fingerprint density at radius 1 is 1.47 bits per heavy atom. The first kappa shape index (κ1) is 13.7. The van der Waals surface area contributed by atoms with Crippen molar-refractivity contribution in [2.24, 2.45) is 0 Å². The van der Waals surface area contributed by atoms with E-state index >= 15 is 0 Å². The fourth-order valence-corrected chi connectivity index (χ4v) is 1.69. The van der Waals surface area contributed by atoms with Gasteiger partial charge in [-0.3, -0.25) is 4.79 Å². The minimum Gasteiger partial charge on any atom is -0.293 e. The summed E-state index contributed by atoms with van der Waals surface area (Å²) < 4.78 is 37.6. The molecule has 1 rings (SSSR count). The molecule has 0 amide bonds. The lowest BCUT2D eigenvalue weighted by Gasteiger charge is -2.11. The summed E-state index contributed by atoms with van der Waals surface area (Å²) in [7, 11) is 0. The van der Waals surface area contributed by atoms with E-state index in [0.29, 0.717) is 0 Å². The number of halogens is 4. The molecule has 17 heavy (non-hydrogen) atoms. The molecule has 0 aliphatic carbocycles. The van der Waals surface area contributed by atoms with Gasteiger partial charge < -0.3 is 0 Å². The van der Waals surface area contributed by atoms with Crippen molar-refractivity contribution in [1.82, 2.24) is 0 Å². The van der Waals surface area contributed by atoms with E-state index in [1.165, 1.54) is 6.92 Å². The summed E-state index contributed by atoms with van der Waals surface area (Å²) in [5.41, 5.74) is -0.982.